The van der Waals surface area contributed by atoms with Gasteiger partial charge in [-0.3, -0.25) is 14.2 Å². The molecule has 0 saturated carbocycles. The topological polar surface area (TPSA) is 44.0 Å². The largest absolute Gasteiger partial charge is 0.320 e. The van der Waals surface area contributed by atoms with Crippen LogP contribution in [0.4, 0.5) is 4.39 Å². The molecule has 0 atom stereocenters. The van der Waals surface area contributed by atoms with Gasteiger partial charge in [-0.05, 0) is 19.1 Å². The van der Waals surface area contributed by atoms with E-state index in [1.807, 2.05) is 0 Å². The molecule has 17 heavy (non-hydrogen) atoms. The fourth-order valence-corrected chi connectivity index (χ4v) is 1.60. The minimum Gasteiger partial charge on any atom is -0.312 e. The molecule has 0 fully saturated rings. The number of rotatable bonds is 1. The van der Waals surface area contributed by atoms with Gasteiger partial charge in [0.05, 0.1) is 5.69 Å². The van der Waals surface area contributed by atoms with Crippen molar-refractivity contribution in [2.45, 2.75) is 6.92 Å². The number of halogens is 1. The Balaban J connectivity index is 2.79. The van der Waals surface area contributed by atoms with E-state index in [1.54, 1.807) is 13.0 Å². The monoisotopic (exact) mass is 234 g/mol. The Labute approximate surface area is 96.6 Å². The zero-order chi connectivity index (χ0) is 12.6. The summed E-state index contributed by atoms with van der Waals surface area (Å²) in [6.07, 6.45) is 2.92. The number of benzene rings is 1. The van der Waals surface area contributed by atoms with Gasteiger partial charge in [0.2, 0.25) is 0 Å². The summed E-state index contributed by atoms with van der Waals surface area (Å²) < 4.78 is 15.7. The summed E-state index contributed by atoms with van der Waals surface area (Å²) in [5.74, 6) is -0.407. The van der Waals surface area contributed by atoms with Crippen molar-refractivity contribution in [1.29, 1.82) is 0 Å². The van der Waals surface area contributed by atoms with Gasteiger partial charge < -0.3 is 4.57 Å². The van der Waals surface area contributed by atoms with Gasteiger partial charge in [-0.1, -0.05) is 6.07 Å². The maximum atomic E-state index is 13.4. The SMILES string of the molecule is Cc1c(F)cccc1-n1ccn(C)c(=O)c1=O. The summed E-state index contributed by atoms with van der Waals surface area (Å²) in [5, 5.41) is 0. The second kappa shape index (κ2) is 4.01. The van der Waals surface area contributed by atoms with Crippen molar-refractivity contribution in [2.24, 2.45) is 7.05 Å². The van der Waals surface area contributed by atoms with Crippen LogP contribution >= 0.6 is 0 Å². The van der Waals surface area contributed by atoms with Crippen molar-refractivity contribution >= 4 is 0 Å². The summed E-state index contributed by atoms with van der Waals surface area (Å²) in [4.78, 5) is 23.3. The third-order valence-electron chi connectivity index (χ3n) is 2.66. The fraction of sp³-hybridized carbons (Fsp3) is 0.167. The number of hydrogen-bond acceptors (Lipinski definition) is 2. The molecule has 0 aliphatic carbocycles. The molecule has 1 heterocycles. The quantitative estimate of drug-likeness (QED) is 0.690. The lowest BCUT2D eigenvalue weighted by Gasteiger charge is -2.09. The Morgan fingerprint density at radius 1 is 1.12 bits per heavy atom. The first-order chi connectivity index (χ1) is 8.02. The molecule has 1 aromatic heterocycles. The van der Waals surface area contributed by atoms with E-state index in [0.717, 1.165) is 4.57 Å². The third-order valence-corrected chi connectivity index (χ3v) is 2.66. The molecule has 0 aliphatic rings. The molecule has 0 spiro atoms. The van der Waals surface area contributed by atoms with E-state index >= 15 is 0 Å². The minimum absolute atomic E-state index is 0.336. The molecule has 2 aromatic rings. The Morgan fingerprint density at radius 3 is 2.53 bits per heavy atom. The summed E-state index contributed by atoms with van der Waals surface area (Å²) in [7, 11) is 1.49. The lowest BCUT2D eigenvalue weighted by atomic mass is 10.2. The molecule has 1 aromatic carbocycles. The Hall–Kier alpha value is -2.17. The van der Waals surface area contributed by atoms with E-state index in [0.29, 0.717) is 11.3 Å². The van der Waals surface area contributed by atoms with Gasteiger partial charge in [-0.15, -0.1) is 0 Å². The number of hydrogen-bond donors (Lipinski definition) is 0. The van der Waals surface area contributed by atoms with Gasteiger partial charge in [0.1, 0.15) is 5.82 Å². The number of nitrogens with zero attached hydrogens (tertiary/aromatic N) is 2. The lowest BCUT2D eigenvalue weighted by Crippen LogP contribution is -2.39. The molecule has 4 nitrogen and oxygen atoms in total. The second-order valence-corrected chi connectivity index (χ2v) is 3.77. The van der Waals surface area contributed by atoms with Crippen molar-refractivity contribution in [1.82, 2.24) is 9.13 Å². The average Bonchev–Trinajstić information content (AvgIpc) is 2.31. The predicted molar refractivity (Wildman–Crippen MR) is 62.0 cm³/mol. The van der Waals surface area contributed by atoms with Crippen LogP contribution in [-0.4, -0.2) is 9.13 Å². The summed E-state index contributed by atoms with van der Waals surface area (Å²) in [6, 6.07) is 4.41. The number of aryl methyl sites for hydroxylation is 1. The van der Waals surface area contributed by atoms with E-state index in [4.69, 9.17) is 0 Å². The molecule has 2 rings (SSSR count). The Morgan fingerprint density at radius 2 is 1.82 bits per heavy atom. The minimum atomic E-state index is -0.691. The average molecular weight is 234 g/mol. The fourth-order valence-electron chi connectivity index (χ4n) is 1.60. The van der Waals surface area contributed by atoms with E-state index in [9.17, 15) is 14.0 Å². The van der Waals surface area contributed by atoms with Crippen LogP contribution in [0.25, 0.3) is 5.69 Å². The maximum Gasteiger partial charge on any atom is 0.320 e. The molecular formula is C12H11FN2O2. The third kappa shape index (κ3) is 1.80. The van der Waals surface area contributed by atoms with Gasteiger partial charge in [-0.25, -0.2) is 4.39 Å². The van der Waals surface area contributed by atoms with Crippen LogP contribution in [0.15, 0.2) is 40.2 Å². The van der Waals surface area contributed by atoms with Crippen molar-refractivity contribution in [3.8, 4) is 5.69 Å². The zero-order valence-corrected chi connectivity index (χ0v) is 9.48. The highest BCUT2D eigenvalue weighted by Gasteiger charge is 2.09. The summed E-state index contributed by atoms with van der Waals surface area (Å²) >= 11 is 0. The first-order valence-electron chi connectivity index (χ1n) is 5.06. The lowest BCUT2D eigenvalue weighted by molar-refractivity contribution is 0.616. The summed E-state index contributed by atoms with van der Waals surface area (Å²) in [6.45, 7) is 1.56. The highest BCUT2D eigenvalue weighted by atomic mass is 19.1. The van der Waals surface area contributed by atoms with Gasteiger partial charge in [0, 0.05) is 25.0 Å². The maximum absolute atomic E-state index is 13.4. The Bertz CT molecular complexity index is 686. The van der Waals surface area contributed by atoms with Crippen LogP contribution < -0.4 is 11.1 Å². The van der Waals surface area contributed by atoms with Crippen molar-refractivity contribution in [3.05, 3.63) is 62.7 Å². The van der Waals surface area contributed by atoms with Crippen LogP contribution in [0.2, 0.25) is 0 Å². The molecule has 88 valence electrons. The molecule has 0 unspecified atom stereocenters. The predicted octanol–water partition coefficient (Wildman–Crippen LogP) is 0.984. The van der Waals surface area contributed by atoms with Gasteiger partial charge in [0.25, 0.3) is 0 Å². The highest BCUT2D eigenvalue weighted by molar-refractivity contribution is 5.40. The normalized spacial score (nSPS) is 10.5. The molecule has 0 aliphatic heterocycles. The van der Waals surface area contributed by atoms with Gasteiger partial charge in [-0.2, -0.15) is 0 Å². The zero-order valence-electron chi connectivity index (χ0n) is 9.48. The number of aromatic nitrogens is 2. The van der Waals surface area contributed by atoms with Crippen LogP contribution in [0.1, 0.15) is 5.56 Å². The molecule has 0 saturated heterocycles. The van der Waals surface area contributed by atoms with E-state index in [2.05, 4.69) is 0 Å². The van der Waals surface area contributed by atoms with Gasteiger partial charge in [0.15, 0.2) is 0 Å². The molecule has 0 amide bonds. The van der Waals surface area contributed by atoms with E-state index in [1.165, 1.54) is 36.1 Å². The second-order valence-electron chi connectivity index (χ2n) is 3.77. The van der Waals surface area contributed by atoms with Crippen LogP contribution in [0.3, 0.4) is 0 Å². The highest BCUT2D eigenvalue weighted by Crippen LogP contribution is 2.14. The first-order valence-corrected chi connectivity index (χ1v) is 5.06. The van der Waals surface area contributed by atoms with E-state index < -0.39 is 16.9 Å². The van der Waals surface area contributed by atoms with Crippen molar-refractivity contribution in [2.75, 3.05) is 0 Å². The molecule has 0 N–H and O–H groups in total. The van der Waals surface area contributed by atoms with Gasteiger partial charge >= 0.3 is 11.1 Å². The smallest absolute Gasteiger partial charge is 0.312 e. The molecule has 5 heteroatoms. The van der Waals surface area contributed by atoms with Crippen LogP contribution in [0, 0.1) is 12.7 Å². The Kier molecular flexibility index (Phi) is 2.67. The summed E-state index contributed by atoms with van der Waals surface area (Å²) in [5.41, 5.74) is -0.615. The van der Waals surface area contributed by atoms with Crippen molar-refractivity contribution in [3.63, 3.8) is 0 Å². The van der Waals surface area contributed by atoms with Crippen LogP contribution in [-0.2, 0) is 7.05 Å². The van der Waals surface area contributed by atoms with Crippen LogP contribution in [0.5, 0.6) is 0 Å². The first kappa shape index (κ1) is 11.3. The molecular weight excluding hydrogens is 223 g/mol. The van der Waals surface area contributed by atoms with Crippen molar-refractivity contribution < 1.29 is 4.39 Å². The van der Waals surface area contributed by atoms with E-state index in [-0.39, 0.29) is 0 Å². The molecule has 0 radical (unpaired) electrons. The standard InChI is InChI=1S/C12H11FN2O2/c1-8-9(13)4-3-5-10(8)15-7-6-14(2)11(16)12(15)17/h3-7H,1-2H3. The molecule has 0 bridgehead atoms.